The van der Waals surface area contributed by atoms with Crippen LogP contribution in [0.15, 0.2) is 48.5 Å². The summed E-state index contributed by atoms with van der Waals surface area (Å²) < 4.78 is 21.0. The first kappa shape index (κ1) is 19.3. The molecule has 0 radical (unpaired) electrons. The van der Waals surface area contributed by atoms with Gasteiger partial charge in [0.25, 0.3) is 5.91 Å². The highest BCUT2D eigenvalue weighted by Gasteiger charge is 2.13. The molecule has 2 aromatic rings. The van der Waals surface area contributed by atoms with Gasteiger partial charge in [-0.3, -0.25) is 4.79 Å². The van der Waals surface area contributed by atoms with Gasteiger partial charge < -0.3 is 24.3 Å². The lowest BCUT2D eigenvalue weighted by Gasteiger charge is -2.07. The van der Waals surface area contributed by atoms with Gasteiger partial charge >= 0.3 is 5.97 Å². The van der Waals surface area contributed by atoms with Crippen LogP contribution < -0.4 is 19.5 Å². The molecule has 1 aliphatic heterocycles. The van der Waals surface area contributed by atoms with Crippen LogP contribution in [0.25, 0.3) is 6.08 Å². The van der Waals surface area contributed by atoms with E-state index in [1.54, 1.807) is 18.2 Å². The lowest BCUT2D eigenvalue weighted by molar-refractivity contribution is -0.143. The number of carbonyl (C=O) groups excluding carboxylic acids is 2. The van der Waals surface area contributed by atoms with Crippen molar-refractivity contribution in [3.05, 3.63) is 59.7 Å². The van der Waals surface area contributed by atoms with Crippen molar-refractivity contribution in [3.8, 4) is 17.2 Å². The summed E-state index contributed by atoms with van der Waals surface area (Å²) in [6.07, 6.45) is 2.86. The van der Waals surface area contributed by atoms with Crippen molar-refractivity contribution >= 4 is 18.0 Å². The summed E-state index contributed by atoms with van der Waals surface area (Å²) in [6, 6.07) is 12.8. The van der Waals surface area contributed by atoms with Gasteiger partial charge in [0.2, 0.25) is 6.79 Å². The molecule has 7 heteroatoms. The number of para-hydroxylation sites is 1. The molecule has 2 aromatic carbocycles. The van der Waals surface area contributed by atoms with Crippen molar-refractivity contribution in [2.45, 2.75) is 13.5 Å². The van der Waals surface area contributed by atoms with Gasteiger partial charge in [0.15, 0.2) is 18.1 Å². The van der Waals surface area contributed by atoms with Crippen molar-refractivity contribution in [3.63, 3.8) is 0 Å². The fourth-order valence-corrected chi connectivity index (χ4v) is 2.55. The van der Waals surface area contributed by atoms with Crippen molar-refractivity contribution in [1.29, 1.82) is 0 Å². The molecule has 1 heterocycles. The van der Waals surface area contributed by atoms with Gasteiger partial charge in [-0.05, 0) is 36.8 Å². The molecular weight excluding hydrogens is 362 g/mol. The number of carbonyl (C=O) groups is 2. The third-order valence-corrected chi connectivity index (χ3v) is 3.89. The van der Waals surface area contributed by atoms with Crippen molar-refractivity contribution in [1.82, 2.24) is 5.32 Å². The van der Waals surface area contributed by atoms with E-state index < -0.39 is 11.9 Å². The van der Waals surface area contributed by atoms with E-state index in [2.05, 4.69) is 5.32 Å². The van der Waals surface area contributed by atoms with E-state index in [4.69, 9.17) is 18.9 Å². The van der Waals surface area contributed by atoms with E-state index in [1.807, 2.05) is 37.3 Å². The van der Waals surface area contributed by atoms with Gasteiger partial charge in [0.05, 0.1) is 6.61 Å². The van der Waals surface area contributed by atoms with Crippen LogP contribution in [-0.2, 0) is 20.9 Å². The average molecular weight is 383 g/mol. The SMILES string of the molecule is CCOc1ccccc1/C=C/C(=O)OCC(=O)NCc1ccc2c(c1)OCO2. The summed E-state index contributed by atoms with van der Waals surface area (Å²) in [7, 11) is 0. The lowest BCUT2D eigenvalue weighted by Crippen LogP contribution is -2.28. The second kappa shape index (κ2) is 9.45. The fourth-order valence-electron chi connectivity index (χ4n) is 2.55. The van der Waals surface area contributed by atoms with Crippen LogP contribution in [0.3, 0.4) is 0 Å². The summed E-state index contributed by atoms with van der Waals surface area (Å²) >= 11 is 0. The predicted molar refractivity (Wildman–Crippen MR) is 102 cm³/mol. The maximum absolute atomic E-state index is 11.9. The number of benzene rings is 2. The first-order valence-electron chi connectivity index (χ1n) is 8.87. The number of hydrogen-bond acceptors (Lipinski definition) is 6. The third kappa shape index (κ3) is 5.26. The summed E-state index contributed by atoms with van der Waals surface area (Å²) in [5, 5.41) is 2.69. The van der Waals surface area contributed by atoms with Crippen molar-refractivity contribution in [2.24, 2.45) is 0 Å². The molecule has 0 atom stereocenters. The third-order valence-electron chi connectivity index (χ3n) is 3.89. The number of fused-ring (bicyclic) bond motifs is 1. The van der Waals surface area contributed by atoms with E-state index in [-0.39, 0.29) is 13.4 Å². The second-order valence-electron chi connectivity index (χ2n) is 5.88. The van der Waals surface area contributed by atoms with E-state index in [9.17, 15) is 9.59 Å². The summed E-state index contributed by atoms with van der Waals surface area (Å²) in [4.78, 5) is 23.7. The molecule has 0 saturated heterocycles. The number of hydrogen-bond donors (Lipinski definition) is 1. The first-order chi connectivity index (χ1) is 13.7. The van der Waals surface area contributed by atoms with Gasteiger partial charge in [-0.15, -0.1) is 0 Å². The van der Waals surface area contributed by atoms with Crippen LogP contribution in [-0.4, -0.2) is 31.9 Å². The van der Waals surface area contributed by atoms with Gasteiger partial charge in [-0.2, -0.15) is 0 Å². The number of amides is 1. The van der Waals surface area contributed by atoms with E-state index in [1.165, 1.54) is 6.08 Å². The molecule has 28 heavy (non-hydrogen) atoms. The smallest absolute Gasteiger partial charge is 0.331 e. The largest absolute Gasteiger partial charge is 0.493 e. The van der Waals surface area contributed by atoms with Crippen LogP contribution >= 0.6 is 0 Å². The molecule has 0 bridgehead atoms. The molecule has 0 aromatic heterocycles. The molecule has 0 fully saturated rings. The molecule has 1 N–H and O–H groups in total. The summed E-state index contributed by atoms with van der Waals surface area (Å²) in [6.45, 7) is 2.55. The minimum absolute atomic E-state index is 0.198. The topological polar surface area (TPSA) is 83.1 Å². The Morgan fingerprint density at radius 2 is 1.96 bits per heavy atom. The van der Waals surface area contributed by atoms with Gasteiger partial charge in [0, 0.05) is 18.2 Å². The van der Waals surface area contributed by atoms with E-state index in [0.717, 1.165) is 11.1 Å². The van der Waals surface area contributed by atoms with Crippen LogP contribution in [0.2, 0.25) is 0 Å². The van der Waals surface area contributed by atoms with E-state index >= 15 is 0 Å². The van der Waals surface area contributed by atoms with E-state index in [0.29, 0.717) is 30.4 Å². The highest BCUT2D eigenvalue weighted by Crippen LogP contribution is 2.32. The zero-order chi connectivity index (χ0) is 19.8. The van der Waals surface area contributed by atoms with Gasteiger partial charge in [-0.25, -0.2) is 4.79 Å². The highest BCUT2D eigenvalue weighted by atomic mass is 16.7. The van der Waals surface area contributed by atoms with Gasteiger partial charge in [-0.1, -0.05) is 24.3 Å². The van der Waals surface area contributed by atoms with Crippen LogP contribution in [0.1, 0.15) is 18.1 Å². The van der Waals surface area contributed by atoms with Crippen LogP contribution in [0.5, 0.6) is 17.2 Å². The molecule has 0 saturated carbocycles. The molecule has 146 valence electrons. The molecule has 0 unspecified atom stereocenters. The zero-order valence-electron chi connectivity index (χ0n) is 15.5. The molecule has 0 aliphatic carbocycles. The predicted octanol–water partition coefficient (Wildman–Crippen LogP) is 2.69. The van der Waals surface area contributed by atoms with Crippen LogP contribution in [0.4, 0.5) is 0 Å². The Kier molecular flexibility index (Phi) is 6.51. The molecule has 1 aliphatic rings. The monoisotopic (exact) mass is 383 g/mol. The Morgan fingerprint density at radius 3 is 2.82 bits per heavy atom. The number of nitrogens with one attached hydrogen (secondary N) is 1. The molecular formula is C21H21NO6. The molecule has 1 amide bonds. The molecule has 7 nitrogen and oxygen atoms in total. The number of esters is 1. The maximum Gasteiger partial charge on any atom is 0.331 e. The summed E-state index contributed by atoms with van der Waals surface area (Å²) in [5.74, 6) is 1.01. The van der Waals surface area contributed by atoms with Crippen molar-refractivity contribution < 1.29 is 28.5 Å². The molecule has 3 rings (SSSR count). The fraction of sp³-hybridized carbons (Fsp3) is 0.238. The highest BCUT2D eigenvalue weighted by molar-refractivity contribution is 5.89. The van der Waals surface area contributed by atoms with Crippen LogP contribution in [0, 0.1) is 0 Å². The number of rotatable bonds is 8. The van der Waals surface area contributed by atoms with Gasteiger partial charge in [0.1, 0.15) is 5.75 Å². The Labute approximate surface area is 162 Å². The Morgan fingerprint density at radius 1 is 1.14 bits per heavy atom. The van der Waals surface area contributed by atoms with Crippen molar-refractivity contribution in [2.75, 3.05) is 20.0 Å². The second-order valence-corrected chi connectivity index (χ2v) is 5.88. The first-order valence-corrected chi connectivity index (χ1v) is 8.87. The maximum atomic E-state index is 11.9. The summed E-state index contributed by atoms with van der Waals surface area (Å²) in [5.41, 5.74) is 1.62. The molecule has 0 spiro atoms. The normalized spacial score (nSPS) is 12.0. The Bertz CT molecular complexity index is 877. The Hall–Kier alpha value is -3.48. The minimum atomic E-state index is -0.607. The average Bonchev–Trinajstić information content (AvgIpc) is 3.18. The number of ether oxygens (including phenoxy) is 4. The zero-order valence-corrected chi connectivity index (χ0v) is 15.5. The minimum Gasteiger partial charge on any atom is -0.493 e. The standard InChI is InChI=1S/C21H21NO6/c1-2-25-17-6-4-3-5-16(17)8-10-21(24)26-13-20(23)22-12-15-7-9-18-19(11-15)28-14-27-18/h3-11H,2,12-14H2,1H3,(H,22,23)/b10-8+. The Balaban J connectivity index is 1.43. The quantitative estimate of drug-likeness (QED) is 0.557. The lowest BCUT2D eigenvalue weighted by atomic mass is 10.2.